The SMILES string of the molecule is CCSC([O][Ge]([CH3])([CH3])[CH3])C(Cl)(Cl)Cl. The van der Waals surface area contributed by atoms with Gasteiger partial charge in [-0.15, -0.1) is 0 Å². The second-order valence-electron chi connectivity index (χ2n) is 3.56. The van der Waals surface area contributed by atoms with Gasteiger partial charge in [-0.05, 0) is 0 Å². The molecule has 0 bridgehead atoms. The molecular weight excluding hydrogens is 311 g/mol. The van der Waals surface area contributed by atoms with E-state index in [2.05, 4.69) is 17.3 Å². The summed E-state index contributed by atoms with van der Waals surface area (Å²) >= 11 is 16.8. The summed E-state index contributed by atoms with van der Waals surface area (Å²) in [6.07, 6.45) is 0. The van der Waals surface area contributed by atoms with E-state index in [1.807, 2.05) is 6.92 Å². The van der Waals surface area contributed by atoms with Crippen molar-refractivity contribution in [2.45, 2.75) is 33.4 Å². The summed E-state index contributed by atoms with van der Waals surface area (Å²) < 4.78 is 4.48. The van der Waals surface area contributed by atoms with Gasteiger partial charge in [0.25, 0.3) is 0 Å². The standard InChI is InChI=1S/C7H15Cl3GeOS/c1-5-13-6(7(8,9)10)12-11(2,3)4/h6H,5H2,1-4H3. The number of hydrogen-bond acceptors (Lipinski definition) is 2. The normalized spacial score (nSPS) is 15.9. The van der Waals surface area contributed by atoms with Gasteiger partial charge in [0.1, 0.15) is 0 Å². The molecule has 1 unspecified atom stereocenters. The Bertz CT molecular complexity index is 155. The minimum atomic E-state index is -2.11. The molecule has 0 rings (SSSR count). The average molecular weight is 326 g/mol. The van der Waals surface area contributed by atoms with Gasteiger partial charge in [-0.2, -0.15) is 0 Å². The minimum absolute atomic E-state index is 0.331. The van der Waals surface area contributed by atoms with Crippen LogP contribution in [0.4, 0.5) is 0 Å². The van der Waals surface area contributed by atoms with Gasteiger partial charge >= 0.3 is 103 Å². The monoisotopic (exact) mass is 326 g/mol. The molecule has 0 N–H and O–H groups in total. The van der Waals surface area contributed by atoms with Crippen molar-refractivity contribution in [1.29, 1.82) is 0 Å². The number of alkyl halides is 3. The van der Waals surface area contributed by atoms with Crippen LogP contribution in [0.2, 0.25) is 17.3 Å². The Hall–Kier alpha value is 1.72. The quantitative estimate of drug-likeness (QED) is 0.433. The summed E-state index contributed by atoms with van der Waals surface area (Å²) in [5, 5.41) is 0. The zero-order valence-corrected chi connectivity index (χ0v) is 13.4. The van der Waals surface area contributed by atoms with Crippen molar-refractivity contribution < 1.29 is 3.76 Å². The summed E-state index contributed by atoms with van der Waals surface area (Å²) in [5.74, 6) is 7.26. The van der Waals surface area contributed by atoms with Crippen LogP contribution in [0.25, 0.3) is 0 Å². The van der Waals surface area contributed by atoms with Crippen molar-refractivity contribution in [3.05, 3.63) is 0 Å². The molecule has 0 aromatic carbocycles. The second-order valence-corrected chi connectivity index (χ2v) is 16.6. The summed E-state index contributed by atoms with van der Waals surface area (Å²) in [5.41, 5.74) is -0.331. The molecule has 0 aromatic heterocycles. The number of hydrogen-bond donors (Lipinski definition) is 0. The molecule has 0 aliphatic heterocycles. The topological polar surface area (TPSA) is 9.23 Å². The third-order valence-electron chi connectivity index (χ3n) is 1.05. The predicted molar refractivity (Wildman–Crippen MR) is 66.6 cm³/mol. The Morgan fingerprint density at radius 1 is 1.31 bits per heavy atom. The Balaban J connectivity index is 4.27. The van der Waals surface area contributed by atoms with Gasteiger partial charge in [0, 0.05) is 0 Å². The van der Waals surface area contributed by atoms with E-state index in [0.29, 0.717) is 0 Å². The van der Waals surface area contributed by atoms with E-state index in [9.17, 15) is 0 Å². The summed E-state index contributed by atoms with van der Waals surface area (Å²) in [6.45, 7) is 2.02. The van der Waals surface area contributed by atoms with Gasteiger partial charge in [-0.25, -0.2) is 0 Å². The van der Waals surface area contributed by atoms with E-state index in [-0.39, 0.29) is 5.44 Å². The summed E-state index contributed by atoms with van der Waals surface area (Å²) in [6, 6.07) is 0. The van der Waals surface area contributed by atoms with Crippen LogP contribution in [0, 0.1) is 0 Å². The van der Waals surface area contributed by atoms with Gasteiger partial charge in [0.2, 0.25) is 0 Å². The van der Waals surface area contributed by atoms with E-state index >= 15 is 0 Å². The summed E-state index contributed by atoms with van der Waals surface area (Å²) in [4.78, 5) is 0. The first-order valence-electron chi connectivity index (χ1n) is 4.03. The number of halogens is 3. The van der Waals surface area contributed by atoms with Crippen LogP contribution in [0.15, 0.2) is 0 Å². The van der Waals surface area contributed by atoms with Gasteiger partial charge < -0.3 is 0 Å². The van der Waals surface area contributed by atoms with Crippen molar-refractivity contribution in [3.8, 4) is 0 Å². The molecule has 0 radical (unpaired) electrons. The first kappa shape index (κ1) is 14.7. The Morgan fingerprint density at radius 3 is 2.00 bits per heavy atom. The van der Waals surface area contributed by atoms with Gasteiger partial charge in [-0.3, -0.25) is 0 Å². The molecule has 0 aliphatic rings. The van der Waals surface area contributed by atoms with Crippen LogP contribution in [-0.2, 0) is 3.76 Å². The van der Waals surface area contributed by atoms with Crippen LogP contribution in [0.1, 0.15) is 6.92 Å². The first-order chi connectivity index (χ1) is 5.67. The fourth-order valence-corrected chi connectivity index (χ4v) is 6.04. The van der Waals surface area contributed by atoms with Crippen LogP contribution in [0.3, 0.4) is 0 Å². The van der Waals surface area contributed by atoms with E-state index < -0.39 is 17.4 Å². The van der Waals surface area contributed by atoms with Crippen molar-refractivity contribution in [2.75, 3.05) is 5.75 Å². The van der Waals surface area contributed by atoms with Crippen LogP contribution >= 0.6 is 46.6 Å². The molecule has 0 amide bonds. The molecule has 80 valence electrons. The van der Waals surface area contributed by atoms with Crippen molar-refractivity contribution in [1.82, 2.24) is 0 Å². The fraction of sp³-hybridized carbons (Fsp3) is 1.00. The molecular formula is C7H15Cl3GeOS. The van der Waals surface area contributed by atoms with Gasteiger partial charge in [-0.1, -0.05) is 0 Å². The fourth-order valence-electron chi connectivity index (χ4n) is 0.668. The predicted octanol–water partition coefficient (Wildman–Crippen LogP) is 4.29. The Kier molecular flexibility index (Phi) is 6.47. The molecule has 0 spiro atoms. The van der Waals surface area contributed by atoms with E-state index in [1.165, 1.54) is 11.8 Å². The Morgan fingerprint density at radius 2 is 1.77 bits per heavy atom. The van der Waals surface area contributed by atoms with Crippen LogP contribution in [-0.4, -0.2) is 28.6 Å². The van der Waals surface area contributed by atoms with E-state index in [1.54, 1.807) is 0 Å². The molecule has 6 heteroatoms. The van der Waals surface area contributed by atoms with Crippen molar-refractivity contribution in [2.24, 2.45) is 0 Å². The number of thioether (sulfide) groups is 1. The second kappa shape index (κ2) is 5.71. The molecule has 13 heavy (non-hydrogen) atoms. The molecule has 0 saturated heterocycles. The number of rotatable bonds is 4. The van der Waals surface area contributed by atoms with Crippen molar-refractivity contribution >= 4 is 60.2 Å². The summed E-state index contributed by atoms with van der Waals surface area (Å²) in [7, 11) is 0. The molecule has 0 fully saturated rings. The molecule has 1 nitrogen and oxygen atoms in total. The third-order valence-corrected chi connectivity index (χ3v) is 5.45. The molecule has 0 saturated carbocycles. The van der Waals surface area contributed by atoms with Crippen molar-refractivity contribution in [3.63, 3.8) is 0 Å². The zero-order valence-electron chi connectivity index (χ0n) is 8.23. The Labute approximate surface area is 103 Å². The van der Waals surface area contributed by atoms with E-state index in [4.69, 9.17) is 38.6 Å². The van der Waals surface area contributed by atoms with Gasteiger partial charge in [0.15, 0.2) is 0 Å². The molecule has 0 heterocycles. The third kappa shape index (κ3) is 7.63. The average Bonchev–Trinajstić information content (AvgIpc) is 1.81. The van der Waals surface area contributed by atoms with Gasteiger partial charge in [0.05, 0.1) is 0 Å². The maximum atomic E-state index is 5.80. The maximum absolute atomic E-state index is 5.80. The van der Waals surface area contributed by atoms with E-state index in [0.717, 1.165) is 5.75 Å². The molecule has 1 atom stereocenters. The molecule has 0 aromatic rings. The van der Waals surface area contributed by atoms with Crippen LogP contribution in [0.5, 0.6) is 0 Å². The van der Waals surface area contributed by atoms with Crippen LogP contribution < -0.4 is 0 Å². The molecule has 0 aliphatic carbocycles. The first-order valence-corrected chi connectivity index (χ1v) is 13.4. The zero-order chi connectivity index (χ0) is 10.7.